The molecule has 1 amide bonds. The topological polar surface area (TPSA) is 55.1 Å². The number of aryl methyl sites for hydroxylation is 1. The molecule has 7 heteroatoms. The zero-order chi connectivity index (χ0) is 14.8. The number of nitrogens with one attached hydrogen (secondary N) is 1. The van der Waals surface area contributed by atoms with Gasteiger partial charge in [0.15, 0.2) is 5.82 Å². The number of anilines is 1. The van der Waals surface area contributed by atoms with Gasteiger partial charge in [-0.25, -0.2) is 0 Å². The lowest BCUT2D eigenvalue weighted by molar-refractivity contribution is -0.138. The smallest absolute Gasteiger partial charge is 0.360 e. The molecule has 0 atom stereocenters. The van der Waals surface area contributed by atoms with Crippen molar-refractivity contribution in [3.63, 3.8) is 0 Å². The lowest BCUT2D eigenvalue weighted by atomic mass is 10.0. The Labute approximate surface area is 112 Å². The first-order chi connectivity index (χ1) is 9.36. The van der Waals surface area contributed by atoms with Gasteiger partial charge in [-0.05, 0) is 18.6 Å². The summed E-state index contributed by atoms with van der Waals surface area (Å²) in [6.45, 7) is 1.64. The van der Waals surface area contributed by atoms with E-state index in [4.69, 9.17) is 4.52 Å². The highest BCUT2D eigenvalue weighted by atomic mass is 19.4. The number of aromatic nitrogens is 1. The van der Waals surface area contributed by atoms with Gasteiger partial charge >= 0.3 is 6.18 Å². The normalized spacial score (nSPS) is 11.4. The minimum absolute atomic E-state index is 0.0854. The zero-order valence-electron chi connectivity index (χ0n) is 10.5. The van der Waals surface area contributed by atoms with E-state index < -0.39 is 17.6 Å². The van der Waals surface area contributed by atoms with Crippen molar-refractivity contribution in [3.8, 4) is 0 Å². The highest BCUT2D eigenvalue weighted by Crippen LogP contribution is 2.32. The third kappa shape index (κ3) is 3.37. The molecule has 2 aromatic rings. The Kier molecular flexibility index (Phi) is 3.78. The van der Waals surface area contributed by atoms with E-state index in [1.807, 2.05) is 0 Å². The van der Waals surface area contributed by atoms with Crippen molar-refractivity contribution in [1.29, 1.82) is 0 Å². The van der Waals surface area contributed by atoms with E-state index in [0.717, 1.165) is 6.07 Å². The predicted octanol–water partition coefficient (Wildman–Crippen LogP) is 3.18. The first-order valence-corrected chi connectivity index (χ1v) is 5.74. The number of hydrogen-bond donors (Lipinski definition) is 1. The zero-order valence-corrected chi connectivity index (χ0v) is 10.5. The summed E-state index contributed by atoms with van der Waals surface area (Å²) < 4.78 is 43.1. The molecule has 0 bridgehead atoms. The minimum atomic E-state index is -4.48. The lowest BCUT2D eigenvalue weighted by Gasteiger charge is -2.11. The van der Waals surface area contributed by atoms with Gasteiger partial charge in [0, 0.05) is 6.07 Å². The van der Waals surface area contributed by atoms with E-state index in [9.17, 15) is 18.0 Å². The van der Waals surface area contributed by atoms with Crippen molar-refractivity contribution < 1.29 is 22.5 Å². The standard InChI is InChI=1S/C13H11F3N2O2/c1-8-6-11(18-20-8)17-12(19)7-9-4-2-3-5-10(9)13(14,15)16/h2-6H,7H2,1H3,(H,17,18,19). The quantitative estimate of drug-likeness (QED) is 0.941. The lowest BCUT2D eigenvalue weighted by Crippen LogP contribution is -2.18. The molecule has 0 aliphatic heterocycles. The van der Waals surface area contributed by atoms with Crippen LogP contribution in [0.4, 0.5) is 19.0 Å². The number of benzene rings is 1. The molecular weight excluding hydrogens is 273 g/mol. The molecule has 0 aliphatic rings. The van der Waals surface area contributed by atoms with Crippen LogP contribution in [0.25, 0.3) is 0 Å². The summed E-state index contributed by atoms with van der Waals surface area (Å²) in [6.07, 6.45) is -4.87. The molecule has 1 aromatic carbocycles. The number of nitrogens with zero attached hydrogens (tertiary/aromatic N) is 1. The average molecular weight is 284 g/mol. The van der Waals surface area contributed by atoms with E-state index in [-0.39, 0.29) is 17.8 Å². The summed E-state index contributed by atoms with van der Waals surface area (Å²) in [6, 6.07) is 6.44. The largest absolute Gasteiger partial charge is 0.416 e. The van der Waals surface area contributed by atoms with E-state index in [1.54, 1.807) is 6.92 Å². The van der Waals surface area contributed by atoms with Crippen LogP contribution in [0, 0.1) is 6.92 Å². The molecule has 0 unspecified atom stereocenters. The van der Waals surface area contributed by atoms with Crippen LogP contribution in [-0.4, -0.2) is 11.1 Å². The number of rotatable bonds is 3. The van der Waals surface area contributed by atoms with Gasteiger partial charge in [0.2, 0.25) is 5.91 Å². The molecule has 20 heavy (non-hydrogen) atoms. The number of carbonyl (C=O) groups excluding carboxylic acids is 1. The van der Waals surface area contributed by atoms with Crippen molar-refractivity contribution in [2.75, 3.05) is 5.32 Å². The maximum Gasteiger partial charge on any atom is 0.416 e. The third-order valence-corrected chi connectivity index (χ3v) is 2.57. The van der Waals surface area contributed by atoms with Crippen LogP contribution in [0.1, 0.15) is 16.9 Å². The number of halogens is 3. The van der Waals surface area contributed by atoms with Gasteiger partial charge in [-0.1, -0.05) is 23.4 Å². The van der Waals surface area contributed by atoms with Crippen LogP contribution in [0.2, 0.25) is 0 Å². The number of hydrogen-bond acceptors (Lipinski definition) is 3. The van der Waals surface area contributed by atoms with Crippen LogP contribution in [-0.2, 0) is 17.4 Å². The molecule has 0 fully saturated rings. The molecule has 0 saturated heterocycles. The molecule has 0 saturated carbocycles. The Morgan fingerprint density at radius 3 is 2.65 bits per heavy atom. The molecule has 0 spiro atoms. The van der Waals surface area contributed by atoms with Crippen molar-refractivity contribution in [2.45, 2.75) is 19.5 Å². The molecular formula is C13H11F3N2O2. The average Bonchev–Trinajstić information content (AvgIpc) is 2.73. The van der Waals surface area contributed by atoms with Gasteiger partial charge in [-0.15, -0.1) is 0 Å². The van der Waals surface area contributed by atoms with Crippen LogP contribution < -0.4 is 5.32 Å². The van der Waals surface area contributed by atoms with E-state index in [0.29, 0.717) is 5.76 Å². The summed E-state index contributed by atoms with van der Waals surface area (Å²) in [5.74, 6) is 0.0861. The summed E-state index contributed by atoms with van der Waals surface area (Å²) in [7, 11) is 0. The van der Waals surface area contributed by atoms with Crippen molar-refractivity contribution in [2.24, 2.45) is 0 Å². The summed E-state index contributed by atoms with van der Waals surface area (Å²) in [5.41, 5.74) is -0.899. The first kappa shape index (κ1) is 14.1. The number of amides is 1. The predicted molar refractivity (Wildman–Crippen MR) is 65.0 cm³/mol. The summed E-state index contributed by atoms with van der Waals surface area (Å²) >= 11 is 0. The molecule has 1 N–H and O–H groups in total. The maximum atomic E-state index is 12.8. The number of carbonyl (C=O) groups is 1. The highest BCUT2D eigenvalue weighted by molar-refractivity contribution is 5.91. The second kappa shape index (κ2) is 5.36. The molecule has 2 rings (SSSR count). The van der Waals surface area contributed by atoms with Gasteiger partial charge in [0.05, 0.1) is 12.0 Å². The third-order valence-electron chi connectivity index (χ3n) is 2.57. The number of alkyl halides is 3. The summed E-state index contributed by atoms with van der Waals surface area (Å²) in [5, 5.41) is 5.92. The Balaban J connectivity index is 2.12. The van der Waals surface area contributed by atoms with Crippen LogP contribution in [0.5, 0.6) is 0 Å². The van der Waals surface area contributed by atoms with E-state index in [1.165, 1.54) is 24.3 Å². The van der Waals surface area contributed by atoms with Crippen LogP contribution in [0.15, 0.2) is 34.9 Å². The first-order valence-electron chi connectivity index (χ1n) is 5.74. The van der Waals surface area contributed by atoms with Gasteiger partial charge in [0.1, 0.15) is 5.76 Å². The fourth-order valence-electron chi connectivity index (χ4n) is 1.74. The molecule has 0 radical (unpaired) electrons. The van der Waals surface area contributed by atoms with Crippen molar-refractivity contribution >= 4 is 11.7 Å². The van der Waals surface area contributed by atoms with Gasteiger partial charge in [0.25, 0.3) is 0 Å². The highest BCUT2D eigenvalue weighted by Gasteiger charge is 2.33. The van der Waals surface area contributed by atoms with Crippen LogP contribution >= 0.6 is 0 Å². The molecule has 1 heterocycles. The van der Waals surface area contributed by atoms with E-state index >= 15 is 0 Å². The van der Waals surface area contributed by atoms with Gasteiger partial charge < -0.3 is 9.84 Å². The Morgan fingerprint density at radius 2 is 2.05 bits per heavy atom. The van der Waals surface area contributed by atoms with Crippen LogP contribution in [0.3, 0.4) is 0 Å². The van der Waals surface area contributed by atoms with Gasteiger partial charge in [-0.3, -0.25) is 4.79 Å². The van der Waals surface area contributed by atoms with E-state index in [2.05, 4.69) is 10.5 Å². The SMILES string of the molecule is Cc1cc(NC(=O)Cc2ccccc2C(F)(F)F)no1. The fourth-order valence-corrected chi connectivity index (χ4v) is 1.74. The second-order valence-electron chi connectivity index (χ2n) is 4.20. The monoisotopic (exact) mass is 284 g/mol. The minimum Gasteiger partial charge on any atom is -0.360 e. The Bertz CT molecular complexity index is 620. The maximum absolute atomic E-state index is 12.8. The van der Waals surface area contributed by atoms with Gasteiger partial charge in [-0.2, -0.15) is 13.2 Å². The Hall–Kier alpha value is -2.31. The molecule has 106 valence electrons. The van der Waals surface area contributed by atoms with Crippen molar-refractivity contribution in [3.05, 3.63) is 47.2 Å². The summed E-state index contributed by atoms with van der Waals surface area (Å²) in [4.78, 5) is 11.7. The molecule has 0 aliphatic carbocycles. The van der Waals surface area contributed by atoms with Crippen molar-refractivity contribution in [1.82, 2.24) is 5.16 Å². The Morgan fingerprint density at radius 1 is 1.35 bits per heavy atom. The second-order valence-corrected chi connectivity index (χ2v) is 4.20. The molecule has 4 nitrogen and oxygen atoms in total. The molecule has 1 aromatic heterocycles. The fraction of sp³-hybridized carbons (Fsp3) is 0.231.